The van der Waals surface area contributed by atoms with Crippen molar-refractivity contribution in [3.8, 4) is 0 Å². The zero-order valence-electron chi connectivity index (χ0n) is 14.7. The van der Waals surface area contributed by atoms with Crippen molar-refractivity contribution in [2.75, 3.05) is 11.9 Å². The van der Waals surface area contributed by atoms with E-state index < -0.39 is 5.41 Å². The summed E-state index contributed by atoms with van der Waals surface area (Å²) in [5.41, 5.74) is 0.805. The minimum atomic E-state index is -1.06. The van der Waals surface area contributed by atoms with Crippen molar-refractivity contribution in [2.24, 2.45) is 5.41 Å². The lowest BCUT2D eigenvalue weighted by molar-refractivity contribution is -0.149. The third-order valence-corrected chi connectivity index (χ3v) is 4.77. The average molecular weight is 316 g/mol. The fourth-order valence-corrected chi connectivity index (χ4v) is 3.07. The molecule has 23 heavy (non-hydrogen) atoms. The Bertz CT molecular complexity index is 563. The van der Waals surface area contributed by atoms with Gasteiger partial charge in [-0.3, -0.25) is 9.59 Å². The third-order valence-electron chi connectivity index (χ3n) is 4.77. The number of anilines is 1. The highest BCUT2D eigenvalue weighted by Gasteiger charge is 2.41. The molecule has 4 nitrogen and oxygen atoms in total. The molecule has 1 saturated heterocycles. The molecule has 1 aromatic rings. The number of nitrogens with zero attached hydrogens (tertiary/aromatic N) is 1. The largest absolute Gasteiger partial charge is 0.339 e. The molecule has 1 heterocycles. The van der Waals surface area contributed by atoms with Crippen molar-refractivity contribution >= 4 is 17.5 Å². The van der Waals surface area contributed by atoms with Gasteiger partial charge in [0.2, 0.25) is 11.8 Å². The van der Waals surface area contributed by atoms with Crippen molar-refractivity contribution in [3.05, 3.63) is 29.8 Å². The monoisotopic (exact) mass is 316 g/mol. The van der Waals surface area contributed by atoms with Crippen LogP contribution in [0, 0.1) is 12.3 Å². The molecule has 1 unspecified atom stereocenters. The van der Waals surface area contributed by atoms with Crippen LogP contribution in [0.25, 0.3) is 0 Å². The van der Waals surface area contributed by atoms with Gasteiger partial charge >= 0.3 is 0 Å². The number of carbonyl (C=O) groups excluding carboxylic acids is 2. The van der Waals surface area contributed by atoms with E-state index in [9.17, 15) is 9.59 Å². The fraction of sp³-hybridized carbons (Fsp3) is 0.579. The standard InChI is InChI=1S/C19H28N2O2/c1-5-16-8-6-7-13-21(16)18(23)19(3,4)17(22)20-15-11-9-14(2)10-12-15/h9-12,16H,5-8,13H2,1-4H3,(H,20,22). The summed E-state index contributed by atoms with van der Waals surface area (Å²) < 4.78 is 0. The van der Waals surface area contributed by atoms with Gasteiger partial charge in [-0.1, -0.05) is 24.6 Å². The first-order chi connectivity index (χ1) is 10.9. The number of aryl methyl sites for hydroxylation is 1. The number of nitrogens with one attached hydrogen (secondary N) is 1. The average Bonchev–Trinajstić information content (AvgIpc) is 2.56. The number of hydrogen-bond donors (Lipinski definition) is 1. The molecule has 0 aliphatic carbocycles. The van der Waals surface area contributed by atoms with Crippen LogP contribution < -0.4 is 5.32 Å². The molecule has 1 aliphatic rings. The van der Waals surface area contributed by atoms with E-state index in [0.29, 0.717) is 0 Å². The molecule has 1 aromatic carbocycles. The highest BCUT2D eigenvalue weighted by molar-refractivity contribution is 6.09. The second-order valence-corrected chi connectivity index (χ2v) is 7.00. The SMILES string of the molecule is CCC1CCCCN1C(=O)C(C)(C)C(=O)Nc1ccc(C)cc1. The summed E-state index contributed by atoms with van der Waals surface area (Å²) in [5.74, 6) is -0.305. The van der Waals surface area contributed by atoms with Crippen LogP contribution in [0.5, 0.6) is 0 Å². The number of hydrogen-bond acceptors (Lipinski definition) is 2. The Morgan fingerprint density at radius 2 is 1.87 bits per heavy atom. The van der Waals surface area contributed by atoms with Crippen molar-refractivity contribution < 1.29 is 9.59 Å². The summed E-state index contributed by atoms with van der Waals surface area (Å²) >= 11 is 0. The van der Waals surface area contributed by atoms with E-state index in [-0.39, 0.29) is 17.9 Å². The first kappa shape index (κ1) is 17.5. The van der Waals surface area contributed by atoms with E-state index in [1.54, 1.807) is 13.8 Å². The van der Waals surface area contributed by atoms with Crippen LogP contribution in [0.4, 0.5) is 5.69 Å². The van der Waals surface area contributed by atoms with E-state index in [4.69, 9.17) is 0 Å². The molecular formula is C19H28N2O2. The van der Waals surface area contributed by atoms with Gasteiger partial charge in [-0.15, -0.1) is 0 Å². The minimum Gasteiger partial charge on any atom is -0.339 e. The van der Waals surface area contributed by atoms with Crippen molar-refractivity contribution in [2.45, 2.75) is 59.4 Å². The van der Waals surface area contributed by atoms with Gasteiger partial charge in [0.1, 0.15) is 5.41 Å². The van der Waals surface area contributed by atoms with Crippen molar-refractivity contribution in [1.29, 1.82) is 0 Å². The Kier molecular flexibility index (Phi) is 5.45. The lowest BCUT2D eigenvalue weighted by Gasteiger charge is -2.39. The summed E-state index contributed by atoms with van der Waals surface area (Å²) in [6.07, 6.45) is 4.18. The molecule has 1 aliphatic heterocycles. The third kappa shape index (κ3) is 3.92. The van der Waals surface area contributed by atoms with E-state index >= 15 is 0 Å². The smallest absolute Gasteiger partial charge is 0.239 e. The second kappa shape index (κ2) is 7.16. The van der Waals surface area contributed by atoms with Gasteiger partial charge in [-0.2, -0.15) is 0 Å². The quantitative estimate of drug-likeness (QED) is 0.860. The number of rotatable bonds is 4. The number of benzene rings is 1. The predicted octanol–water partition coefficient (Wildman–Crippen LogP) is 3.75. The zero-order chi connectivity index (χ0) is 17.0. The van der Waals surface area contributed by atoms with E-state index in [2.05, 4.69) is 12.2 Å². The first-order valence-corrected chi connectivity index (χ1v) is 8.55. The van der Waals surface area contributed by atoms with Gasteiger partial charge in [0.05, 0.1) is 0 Å². The molecule has 0 radical (unpaired) electrons. The van der Waals surface area contributed by atoms with Crippen LogP contribution in [0.1, 0.15) is 52.0 Å². The Labute approximate surface area is 139 Å². The lowest BCUT2D eigenvalue weighted by atomic mass is 9.87. The molecule has 0 bridgehead atoms. The summed E-state index contributed by atoms with van der Waals surface area (Å²) in [7, 11) is 0. The molecule has 2 rings (SSSR count). The van der Waals surface area contributed by atoms with Gasteiger partial charge in [-0.25, -0.2) is 0 Å². The number of piperidine rings is 1. The fourth-order valence-electron chi connectivity index (χ4n) is 3.07. The van der Waals surface area contributed by atoms with Crippen LogP contribution in [0.15, 0.2) is 24.3 Å². The minimum absolute atomic E-state index is 0.0614. The number of likely N-dealkylation sites (tertiary alicyclic amines) is 1. The van der Waals surface area contributed by atoms with E-state index in [0.717, 1.165) is 43.5 Å². The van der Waals surface area contributed by atoms with Gasteiger partial charge in [-0.05, 0) is 58.6 Å². The van der Waals surface area contributed by atoms with Gasteiger partial charge in [0, 0.05) is 18.3 Å². The van der Waals surface area contributed by atoms with Gasteiger partial charge in [0.15, 0.2) is 0 Å². The van der Waals surface area contributed by atoms with Crippen LogP contribution in [-0.2, 0) is 9.59 Å². The van der Waals surface area contributed by atoms with Gasteiger partial charge < -0.3 is 10.2 Å². The van der Waals surface area contributed by atoms with Crippen molar-refractivity contribution in [1.82, 2.24) is 4.90 Å². The molecule has 1 fully saturated rings. The Balaban J connectivity index is 2.10. The molecule has 126 valence electrons. The maximum atomic E-state index is 12.9. The topological polar surface area (TPSA) is 49.4 Å². The molecule has 2 amide bonds. The lowest BCUT2D eigenvalue weighted by Crippen LogP contribution is -2.52. The molecule has 1 atom stereocenters. The highest BCUT2D eigenvalue weighted by Crippen LogP contribution is 2.28. The summed E-state index contributed by atoms with van der Waals surface area (Å²) in [6, 6.07) is 7.89. The normalized spacial score (nSPS) is 18.6. The van der Waals surface area contributed by atoms with Crippen molar-refractivity contribution in [3.63, 3.8) is 0 Å². The summed E-state index contributed by atoms with van der Waals surface area (Å²) in [6.45, 7) is 8.31. The zero-order valence-corrected chi connectivity index (χ0v) is 14.7. The van der Waals surface area contributed by atoms with Crippen LogP contribution in [0.2, 0.25) is 0 Å². The van der Waals surface area contributed by atoms with Crippen LogP contribution in [0.3, 0.4) is 0 Å². The Morgan fingerprint density at radius 3 is 2.48 bits per heavy atom. The maximum Gasteiger partial charge on any atom is 0.239 e. The van der Waals surface area contributed by atoms with Gasteiger partial charge in [0.25, 0.3) is 0 Å². The Morgan fingerprint density at radius 1 is 1.22 bits per heavy atom. The molecule has 0 aromatic heterocycles. The summed E-state index contributed by atoms with van der Waals surface area (Å²) in [5, 5.41) is 2.88. The maximum absolute atomic E-state index is 12.9. The first-order valence-electron chi connectivity index (χ1n) is 8.55. The second-order valence-electron chi connectivity index (χ2n) is 7.00. The Hall–Kier alpha value is -1.84. The van der Waals surface area contributed by atoms with Crippen LogP contribution >= 0.6 is 0 Å². The predicted molar refractivity (Wildman–Crippen MR) is 93.2 cm³/mol. The van der Waals surface area contributed by atoms with Crippen LogP contribution in [-0.4, -0.2) is 29.3 Å². The molecule has 1 N–H and O–H groups in total. The number of carbonyl (C=O) groups is 2. The summed E-state index contributed by atoms with van der Waals surface area (Å²) in [4.78, 5) is 27.5. The van der Waals surface area contributed by atoms with E-state index in [1.165, 1.54) is 0 Å². The van der Waals surface area contributed by atoms with E-state index in [1.807, 2.05) is 36.1 Å². The molecule has 0 spiro atoms. The molecular weight excluding hydrogens is 288 g/mol. The molecule has 4 heteroatoms. The number of amides is 2. The highest BCUT2D eigenvalue weighted by atomic mass is 16.2. The molecule has 0 saturated carbocycles.